The van der Waals surface area contributed by atoms with Gasteiger partial charge in [0.15, 0.2) is 0 Å². The van der Waals surface area contributed by atoms with Crippen LogP contribution < -0.4 is 5.32 Å². The van der Waals surface area contributed by atoms with Gasteiger partial charge < -0.3 is 15.3 Å². The molecule has 2 N–H and O–H groups in total. The SMILES string of the molecule is CC1CCCC(C)C1Nc1cccc(C(=O)N2CCCC(CO)C2)c1. The number of aliphatic hydroxyl groups is 1. The van der Waals surface area contributed by atoms with Crippen LogP contribution in [0.15, 0.2) is 24.3 Å². The van der Waals surface area contributed by atoms with E-state index in [9.17, 15) is 9.90 Å². The van der Waals surface area contributed by atoms with Crippen LogP contribution in [0.5, 0.6) is 0 Å². The Labute approximate surface area is 151 Å². The number of nitrogens with zero attached hydrogens (tertiary/aromatic N) is 1. The molecule has 1 saturated carbocycles. The molecule has 3 unspecified atom stereocenters. The van der Waals surface area contributed by atoms with Crippen molar-refractivity contribution < 1.29 is 9.90 Å². The highest BCUT2D eigenvalue weighted by atomic mass is 16.3. The second kappa shape index (κ2) is 8.22. The summed E-state index contributed by atoms with van der Waals surface area (Å²) in [5.41, 5.74) is 1.80. The molecule has 1 aromatic rings. The Morgan fingerprint density at radius 1 is 1.20 bits per heavy atom. The molecular formula is C21H32N2O2. The predicted molar refractivity (Wildman–Crippen MR) is 102 cm³/mol. The van der Waals surface area contributed by atoms with E-state index in [1.807, 2.05) is 23.1 Å². The molecule has 0 aromatic heterocycles. The zero-order valence-corrected chi connectivity index (χ0v) is 15.6. The monoisotopic (exact) mass is 344 g/mol. The first kappa shape index (κ1) is 18.2. The van der Waals surface area contributed by atoms with Crippen molar-refractivity contribution in [2.24, 2.45) is 17.8 Å². The van der Waals surface area contributed by atoms with Crippen LogP contribution in [-0.4, -0.2) is 41.7 Å². The van der Waals surface area contributed by atoms with E-state index in [2.05, 4.69) is 25.2 Å². The minimum absolute atomic E-state index is 0.0894. The topological polar surface area (TPSA) is 52.6 Å². The van der Waals surface area contributed by atoms with Crippen molar-refractivity contribution in [1.82, 2.24) is 4.90 Å². The molecule has 2 fully saturated rings. The van der Waals surface area contributed by atoms with Crippen molar-refractivity contribution in [3.8, 4) is 0 Å². The molecule has 3 rings (SSSR count). The molecule has 0 radical (unpaired) electrons. The lowest BCUT2D eigenvalue weighted by molar-refractivity contribution is 0.0621. The van der Waals surface area contributed by atoms with Crippen LogP contribution in [0.1, 0.15) is 56.3 Å². The third-order valence-electron chi connectivity index (χ3n) is 6.05. The van der Waals surface area contributed by atoms with E-state index in [4.69, 9.17) is 0 Å². The maximum atomic E-state index is 12.9. The van der Waals surface area contributed by atoms with Crippen molar-refractivity contribution in [3.05, 3.63) is 29.8 Å². The van der Waals surface area contributed by atoms with E-state index in [-0.39, 0.29) is 18.4 Å². The third kappa shape index (κ3) is 4.35. The molecule has 4 nitrogen and oxygen atoms in total. The lowest BCUT2D eigenvalue weighted by atomic mass is 9.78. The Hall–Kier alpha value is -1.55. The fourth-order valence-electron chi connectivity index (χ4n) is 4.48. The van der Waals surface area contributed by atoms with E-state index >= 15 is 0 Å². The second-order valence-corrected chi connectivity index (χ2v) is 8.08. The molecule has 2 aliphatic rings. The average Bonchev–Trinajstić information content (AvgIpc) is 2.64. The number of hydrogen-bond acceptors (Lipinski definition) is 3. The van der Waals surface area contributed by atoms with Crippen molar-refractivity contribution in [3.63, 3.8) is 0 Å². The lowest BCUT2D eigenvalue weighted by Crippen LogP contribution is -2.41. The minimum Gasteiger partial charge on any atom is -0.396 e. The maximum absolute atomic E-state index is 12.9. The number of hydrogen-bond donors (Lipinski definition) is 2. The smallest absolute Gasteiger partial charge is 0.253 e. The van der Waals surface area contributed by atoms with Crippen LogP contribution in [0.25, 0.3) is 0 Å². The zero-order valence-electron chi connectivity index (χ0n) is 15.6. The standard InChI is InChI=1S/C21H32N2O2/c1-15-6-3-7-16(2)20(15)22-19-10-4-9-18(12-19)21(25)23-11-5-8-17(13-23)14-24/h4,9-10,12,15-17,20,22,24H,3,5-8,11,13-14H2,1-2H3. The molecule has 1 amide bonds. The number of likely N-dealkylation sites (tertiary alicyclic amines) is 1. The molecule has 3 atom stereocenters. The van der Waals surface area contributed by atoms with Gasteiger partial charge in [0.25, 0.3) is 5.91 Å². The summed E-state index contributed by atoms with van der Waals surface area (Å²) in [6.45, 7) is 6.28. The van der Waals surface area contributed by atoms with Crippen molar-refractivity contribution in [1.29, 1.82) is 0 Å². The first-order valence-electron chi connectivity index (χ1n) is 9.85. The van der Waals surface area contributed by atoms with Gasteiger partial charge >= 0.3 is 0 Å². The van der Waals surface area contributed by atoms with E-state index in [0.717, 1.165) is 30.6 Å². The molecule has 138 valence electrons. The molecule has 0 spiro atoms. The summed E-state index contributed by atoms with van der Waals surface area (Å²) in [5, 5.41) is 13.1. The molecule has 25 heavy (non-hydrogen) atoms. The Morgan fingerprint density at radius 2 is 1.96 bits per heavy atom. The van der Waals surface area contributed by atoms with Crippen LogP contribution >= 0.6 is 0 Å². The van der Waals surface area contributed by atoms with Gasteiger partial charge in [-0.05, 0) is 61.6 Å². The number of piperidine rings is 1. The van der Waals surface area contributed by atoms with Crippen molar-refractivity contribution >= 4 is 11.6 Å². The molecule has 0 bridgehead atoms. The summed E-state index contributed by atoms with van der Waals surface area (Å²) in [7, 11) is 0. The summed E-state index contributed by atoms with van der Waals surface area (Å²) in [6.07, 6.45) is 5.86. The number of aliphatic hydroxyl groups excluding tert-OH is 1. The van der Waals surface area contributed by atoms with Gasteiger partial charge in [0, 0.05) is 37.0 Å². The minimum atomic E-state index is 0.0894. The summed E-state index contributed by atoms with van der Waals surface area (Å²) in [5.74, 6) is 1.64. The Bertz CT molecular complexity index is 579. The number of benzene rings is 1. The largest absolute Gasteiger partial charge is 0.396 e. The molecule has 4 heteroatoms. The number of amides is 1. The molecule has 1 aliphatic carbocycles. The van der Waals surface area contributed by atoms with E-state index in [1.165, 1.54) is 19.3 Å². The Balaban J connectivity index is 1.69. The molecule has 1 aromatic carbocycles. The normalized spacial score (nSPS) is 30.1. The van der Waals surface area contributed by atoms with Gasteiger partial charge in [0.2, 0.25) is 0 Å². The lowest BCUT2D eigenvalue weighted by Gasteiger charge is -2.36. The van der Waals surface area contributed by atoms with Gasteiger partial charge in [0.05, 0.1) is 0 Å². The Kier molecular flexibility index (Phi) is 6.00. The van der Waals surface area contributed by atoms with Crippen LogP contribution in [0.4, 0.5) is 5.69 Å². The quantitative estimate of drug-likeness (QED) is 0.874. The van der Waals surface area contributed by atoms with Gasteiger partial charge in [0.1, 0.15) is 0 Å². The number of carbonyl (C=O) groups is 1. The molecule has 1 heterocycles. The first-order valence-corrected chi connectivity index (χ1v) is 9.85. The van der Waals surface area contributed by atoms with Crippen LogP contribution in [0, 0.1) is 17.8 Å². The summed E-state index contributed by atoms with van der Waals surface area (Å²) < 4.78 is 0. The van der Waals surface area contributed by atoms with Gasteiger partial charge in [-0.15, -0.1) is 0 Å². The highest BCUT2D eigenvalue weighted by molar-refractivity contribution is 5.95. The zero-order chi connectivity index (χ0) is 17.8. The summed E-state index contributed by atoms with van der Waals surface area (Å²) in [6, 6.07) is 8.43. The van der Waals surface area contributed by atoms with E-state index in [1.54, 1.807) is 0 Å². The third-order valence-corrected chi connectivity index (χ3v) is 6.05. The summed E-state index contributed by atoms with van der Waals surface area (Å²) in [4.78, 5) is 14.7. The predicted octanol–water partition coefficient (Wildman–Crippen LogP) is 3.77. The molecule has 1 aliphatic heterocycles. The highest BCUT2D eigenvalue weighted by Crippen LogP contribution is 2.31. The van der Waals surface area contributed by atoms with Gasteiger partial charge in [-0.2, -0.15) is 0 Å². The van der Waals surface area contributed by atoms with E-state index < -0.39 is 0 Å². The second-order valence-electron chi connectivity index (χ2n) is 8.08. The van der Waals surface area contributed by atoms with Gasteiger partial charge in [-0.3, -0.25) is 4.79 Å². The highest BCUT2D eigenvalue weighted by Gasteiger charge is 2.28. The van der Waals surface area contributed by atoms with Gasteiger partial charge in [-0.1, -0.05) is 26.3 Å². The van der Waals surface area contributed by atoms with Crippen LogP contribution in [-0.2, 0) is 0 Å². The van der Waals surface area contributed by atoms with Gasteiger partial charge in [-0.25, -0.2) is 0 Å². The van der Waals surface area contributed by atoms with Crippen molar-refractivity contribution in [2.75, 3.05) is 25.0 Å². The molecule has 1 saturated heterocycles. The number of nitrogens with one attached hydrogen (secondary N) is 1. The first-order chi connectivity index (χ1) is 12.1. The van der Waals surface area contributed by atoms with E-state index in [0.29, 0.717) is 24.4 Å². The maximum Gasteiger partial charge on any atom is 0.253 e. The number of carbonyl (C=O) groups excluding carboxylic acids is 1. The van der Waals surface area contributed by atoms with Crippen molar-refractivity contribution in [2.45, 2.75) is 52.0 Å². The molecular weight excluding hydrogens is 312 g/mol. The Morgan fingerprint density at radius 3 is 2.68 bits per heavy atom. The van der Waals surface area contributed by atoms with Crippen LogP contribution in [0.2, 0.25) is 0 Å². The fraction of sp³-hybridized carbons (Fsp3) is 0.667. The van der Waals surface area contributed by atoms with Crippen LogP contribution in [0.3, 0.4) is 0 Å². The number of rotatable bonds is 4. The number of anilines is 1. The fourth-order valence-corrected chi connectivity index (χ4v) is 4.48. The average molecular weight is 344 g/mol. The summed E-state index contributed by atoms with van der Waals surface area (Å²) >= 11 is 0.